The lowest BCUT2D eigenvalue weighted by Gasteiger charge is -2.07. The highest BCUT2D eigenvalue weighted by molar-refractivity contribution is 7.07. The van der Waals surface area contributed by atoms with Crippen LogP contribution in [0.25, 0.3) is 11.3 Å². The van der Waals surface area contributed by atoms with E-state index in [0.717, 1.165) is 21.7 Å². The van der Waals surface area contributed by atoms with Crippen LogP contribution in [-0.4, -0.2) is 9.49 Å². The molecule has 2 aromatic carbocycles. The third kappa shape index (κ3) is 3.65. The fraction of sp³-hybridized carbons (Fsp3) is 0.150. The van der Waals surface area contributed by atoms with Crippen LogP contribution in [-0.2, 0) is 6.54 Å². The van der Waals surface area contributed by atoms with E-state index < -0.39 is 4.92 Å². The van der Waals surface area contributed by atoms with Crippen molar-refractivity contribution >= 4 is 22.7 Å². The minimum Gasteiger partial charge on any atom is -0.313 e. The Morgan fingerprint density at radius 3 is 2.54 bits per heavy atom. The summed E-state index contributed by atoms with van der Waals surface area (Å²) in [5.41, 5.74) is 5.30. The molecule has 1 heterocycles. The van der Waals surface area contributed by atoms with Gasteiger partial charge in [0.2, 0.25) is 0 Å². The van der Waals surface area contributed by atoms with Crippen LogP contribution in [0.5, 0.6) is 0 Å². The molecule has 132 valence electrons. The van der Waals surface area contributed by atoms with Crippen LogP contribution in [0.4, 0.5) is 11.4 Å². The average Bonchev–Trinajstić information content (AvgIpc) is 3.01. The molecule has 6 heteroatoms. The minimum absolute atomic E-state index is 0.0827. The summed E-state index contributed by atoms with van der Waals surface area (Å²) in [7, 11) is 0. The highest BCUT2D eigenvalue weighted by Crippen LogP contribution is 2.24. The SMILES string of the molecule is C=CCn1c(-c2ccc([N+](=O)[O-])cc2)csc1=Nc1ccc(C)c(C)c1. The Hall–Kier alpha value is -2.99. The summed E-state index contributed by atoms with van der Waals surface area (Å²) < 4.78 is 2.06. The molecule has 0 amide bonds. The van der Waals surface area contributed by atoms with E-state index in [1.54, 1.807) is 23.5 Å². The second-order valence-electron chi connectivity index (χ2n) is 5.99. The van der Waals surface area contributed by atoms with E-state index in [-0.39, 0.29) is 5.69 Å². The number of allylic oxidation sites excluding steroid dienone is 1. The second-order valence-corrected chi connectivity index (χ2v) is 6.82. The smallest absolute Gasteiger partial charge is 0.269 e. The molecule has 26 heavy (non-hydrogen) atoms. The molecule has 0 radical (unpaired) electrons. The first-order valence-electron chi connectivity index (χ1n) is 8.15. The summed E-state index contributed by atoms with van der Waals surface area (Å²) in [5.74, 6) is 0. The Kier molecular flexibility index (Phi) is 5.14. The number of nitro benzene ring substituents is 1. The molecule has 3 rings (SSSR count). The van der Waals surface area contributed by atoms with Crippen molar-refractivity contribution in [1.29, 1.82) is 0 Å². The normalized spacial score (nSPS) is 11.5. The van der Waals surface area contributed by atoms with E-state index >= 15 is 0 Å². The molecule has 0 saturated carbocycles. The fourth-order valence-electron chi connectivity index (χ4n) is 2.61. The van der Waals surface area contributed by atoms with Gasteiger partial charge in [0.05, 0.1) is 16.3 Å². The molecule has 3 aromatic rings. The first-order chi connectivity index (χ1) is 12.5. The molecule has 0 aliphatic carbocycles. The zero-order valence-corrected chi connectivity index (χ0v) is 15.5. The van der Waals surface area contributed by atoms with Gasteiger partial charge in [0.15, 0.2) is 4.80 Å². The molecule has 0 N–H and O–H groups in total. The number of aromatic nitrogens is 1. The molecular weight excluding hydrogens is 346 g/mol. The molecule has 5 nitrogen and oxygen atoms in total. The summed E-state index contributed by atoms with van der Waals surface area (Å²) in [5, 5.41) is 12.9. The zero-order valence-electron chi connectivity index (χ0n) is 14.7. The third-order valence-corrected chi connectivity index (χ3v) is 5.06. The largest absolute Gasteiger partial charge is 0.313 e. The Labute approximate surface area is 155 Å². The number of non-ortho nitro benzene ring substituents is 1. The number of rotatable bonds is 5. The monoisotopic (exact) mass is 365 g/mol. The van der Waals surface area contributed by atoms with E-state index in [1.165, 1.54) is 23.3 Å². The summed E-state index contributed by atoms with van der Waals surface area (Å²) in [6.07, 6.45) is 1.82. The van der Waals surface area contributed by atoms with Gasteiger partial charge in [0.1, 0.15) is 0 Å². The molecular formula is C20H19N3O2S. The highest BCUT2D eigenvalue weighted by Gasteiger charge is 2.10. The van der Waals surface area contributed by atoms with Crippen LogP contribution in [0.2, 0.25) is 0 Å². The summed E-state index contributed by atoms with van der Waals surface area (Å²) in [6.45, 7) is 8.60. The van der Waals surface area contributed by atoms with Crippen molar-refractivity contribution in [2.24, 2.45) is 4.99 Å². The third-order valence-electron chi connectivity index (χ3n) is 4.20. The number of nitrogens with zero attached hydrogens (tertiary/aromatic N) is 3. The van der Waals surface area contributed by atoms with Crippen LogP contribution in [0, 0.1) is 24.0 Å². The standard InChI is InChI=1S/C20H19N3O2S/c1-4-11-22-19(16-6-9-18(10-7-16)23(24)25)13-26-20(22)21-17-8-5-14(2)15(3)12-17/h4-10,12-13H,1,11H2,2-3H3. The fourth-order valence-corrected chi connectivity index (χ4v) is 3.55. The number of nitro groups is 1. The number of hydrogen-bond acceptors (Lipinski definition) is 4. The number of hydrogen-bond donors (Lipinski definition) is 0. The highest BCUT2D eigenvalue weighted by atomic mass is 32.1. The predicted molar refractivity (Wildman–Crippen MR) is 106 cm³/mol. The summed E-state index contributed by atoms with van der Waals surface area (Å²) >= 11 is 1.54. The van der Waals surface area contributed by atoms with Crippen molar-refractivity contribution in [3.05, 3.63) is 86.5 Å². The Morgan fingerprint density at radius 2 is 1.92 bits per heavy atom. The first kappa shape index (κ1) is 17.8. The second kappa shape index (κ2) is 7.49. The van der Waals surface area contributed by atoms with Crippen LogP contribution in [0.3, 0.4) is 0 Å². The summed E-state index contributed by atoms with van der Waals surface area (Å²) in [4.78, 5) is 16.1. The van der Waals surface area contributed by atoms with Crippen LogP contribution in [0.15, 0.2) is 65.5 Å². The maximum Gasteiger partial charge on any atom is 0.269 e. The van der Waals surface area contributed by atoms with Gasteiger partial charge >= 0.3 is 0 Å². The summed E-state index contributed by atoms with van der Waals surface area (Å²) in [6, 6.07) is 12.7. The molecule has 0 unspecified atom stereocenters. The van der Waals surface area contributed by atoms with Crippen LogP contribution >= 0.6 is 11.3 Å². The lowest BCUT2D eigenvalue weighted by molar-refractivity contribution is -0.384. The minimum atomic E-state index is -0.393. The van der Waals surface area contributed by atoms with Gasteiger partial charge in [0, 0.05) is 24.1 Å². The van der Waals surface area contributed by atoms with Gasteiger partial charge in [-0.3, -0.25) is 10.1 Å². The van der Waals surface area contributed by atoms with Gasteiger partial charge in [-0.25, -0.2) is 4.99 Å². The van der Waals surface area contributed by atoms with E-state index in [0.29, 0.717) is 6.54 Å². The molecule has 0 atom stereocenters. The number of benzene rings is 2. The quantitative estimate of drug-likeness (QED) is 0.356. The molecule has 0 spiro atoms. The maximum absolute atomic E-state index is 10.9. The van der Waals surface area contributed by atoms with Crippen LogP contribution < -0.4 is 4.80 Å². The van der Waals surface area contributed by atoms with Crippen molar-refractivity contribution in [3.63, 3.8) is 0 Å². The first-order valence-corrected chi connectivity index (χ1v) is 9.03. The van der Waals surface area contributed by atoms with Gasteiger partial charge in [-0.1, -0.05) is 12.1 Å². The van der Waals surface area contributed by atoms with E-state index in [1.807, 2.05) is 17.5 Å². The topological polar surface area (TPSA) is 60.4 Å². The zero-order chi connectivity index (χ0) is 18.7. The van der Waals surface area contributed by atoms with Crippen molar-refractivity contribution < 1.29 is 4.92 Å². The van der Waals surface area contributed by atoms with Gasteiger partial charge in [-0.15, -0.1) is 17.9 Å². The average molecular weight is 365 g/mol. The van der Waals surface area contributed by atoms with Crippen molar-refractivity contribution in [2.45, 2.75) is 20.4 Å². The van der Waals surface area contributed by atoms with Crippen molar-refractivity contribution in [1.82, 2.24) is 4.57 Å². The Bertz CT molecular complexity index is 1030. The van der Waals surface area contributed by atoms with Gasteiger partial charge in [0.25, 0.3) is 5.69 Å². The van der Waals surface area contributed by atoms with Gasteiger partial charge < -0.3 is 4.57 Å². The van der Waals surface area contributed by atoms with E-state index in [9.17, 15) is 10.1 Å². The lowest BCUT2D eigenvalue weighted by Crippen LogP contribution is -2.14. The predicted octanol–water partition coefficient (Wildman–Crippen LogP) is 5.16. The van der Waals surface area contributed by atoms with Crippen LogP contribution in [0.1, 0.15) is 11.1 Å². The van der Waals surface area contributed by atoms with Crippen molar-refractivity contribution in [2.75, 3.05) is 0 Å². The molecule has 0 saturated heterocycles. The molecule has 0 bridgehead atoms. The number of thiazole rings is 1. The Balaban J connectivity index is 2.08. The molecule has 1 aromatic heterocycles. The number of aryl methyl sites for hydroxylation is 2. The molecule has 0 aliphatic heterocycles. The van der Waals surface area contributed by atoms with E-state index in [2.05, 4.69) is 37.1 Å². The molecule has 0 aliphatic rings. The Morgan fingerprint density at radius 1 is 1.19 bits per heavy atom. The van der Waals surface area contributed by atoms with E-state index in [4.69, 9.17) is 4.99 Å². The van der Waals surface area contributed by atoms with Crippen molar-refractivity contribution in [3.8, 4) is 11.3 Å². The lowest BCUT2D eigenvalue weighted by atomic mass is 10.1. The van der Waals surface area contributed by atoms with Gasteiger partial charge in [-0.05, 0) is 54.8 Å². The maximum atomic E-state index is 10.9. The van der Waals surface area contributed by atoms with Gasteiger partial charge in [-0.2, -0.15) is 0 Å². The molecule has 0 fully saturated rings.